The summed E-state index contributed by atoms with van der Waals surface area (Å²) >= 11 is 0. The first-order valence-corrected chi connectivity index (χ1v) is 10.6. The first-order chi connectivity index (χ1) is 14.2. The van der Waals surface area contributed by atoms with E-state index in [0.717, 1.165) is 18.2 Å². The highest BCUT2D eigenvalue weighted by molar-refractivity contribution is 7.89. The average Bonchev–Trinajstić information content (AvgIpc) is 2.73. The molecular formula is C19H20FN3O6S. The Balaban J connectivity index is 1.73. The quantitative estimate of drug-likeness (QED) is 0.507. The summed E-state index contributed by atoms with van der Waals surface area (Å²) in [5.74, 6) is -1.02. The third-order valence-corrected chi connectivity index (χ3v) is 6.56. The van der Waals surface area contributed by atoms with Crippen molar-refractivity contribution in [1.82, 2.24) is 9.21 Å². The maximum atomic E-state index is 13.4. The van der Waals surface area contributed by atoms with E-state index < -0.39 is 26.7 Å². The third kappa shape index (κ3) is 4.41. The molecule has 2 aromatic carbocycles. The molecule has 0 aliphatic carbocycles. The molecule has 0 atom stereocenters. The summed E-state index contributed by atoms with van der Waals surface area (Å²) in [6.45, 7) is 2.21. The van der Waals surface area contributed by atoms with Crippen molar-refractivity contribution in [3.05, 3.63) is 64.0 Å². The highest BCUT2D eigenvalue weighted by atomic mass is 32.2. The van der Waals surface area contributed by atoms with Gasteiger partial charge in [-0.1, -0.05) is 6.07 Å². The number of hydrogen-bond donors (Lipinski definition) is 0. The van der Waals surface area contributed by atoms with Crippen LogP contribution < -0.4 is 4.74 Å². The third-order valence-electron chi connectivity index (χ3n) is 4.66. The average molecular weight is 437 g/mol. The number of benzene rings is 2. The highest BCUT2D eigenvalue weighted by Crippen LogP contribution is 2.29. The van der Waals surface area contributed by atoms with Crippen LogP contribution in [-0.4, -0.2) is 61.2 Å². The first-order valence-electron chi connectivity index (χ1n) is 9.20. The van der Waals surface area contributed by atoms with Crippen LogP contribution in [0.1, 0.15) is 17.3 Å². The zero-order valence-corrected chi connectivity index (χ0v) is 17.0. The minimum Gasteiger partial charge on any atom is -0.487 e. The number of halogens is 1. The van der Waals surface area contributed by atoms with E-state index in [-0.39, 0.29) is 54.7 Å². The number of nitro benzene ring substituents is 1. The van der Waals surface area contributed by atoms with Crippen LogP contribution in [0, 0.1) is 15.9 Å². The second-order valence-electron chi connectivity index (χ2n) is 6.53. The zero-order chi connectivity index (χ0) is 21.9. The summed E-state index contributed by atoms with van der Waals surface area (Å²) in [4.78, 5) is 24.7. The van der Waals surface area contributed by atoms with Crippen molar-refractivity contribution < 1.29 is 27.3 Å². The molecule has 0 saturated carbocycles. The Morgan fingerprint density at radius 2 is 1.87 bits per heavy atom. The smallest absolute Gasteiger partial charge is 0.311 e. The van der Waals surface area contributed by atoms with E-state index in [1.165, 1.54) is 33.5 Å². The Labute approximate surface area is 172 Å². The van der Waals surface area contributed by atoms with Crippen LogP contribution in [0.2, 0.25) is 0 Å². The van der Waals surface area contributed by atoms with Gasteiger partial charge in [0.2, 0.25) is 10.0 Å². The Morgan fingerprint density at radius 1 is 1.17 bits per heavy atom. The molecule has 0 spiro atoms. The fourth-order valence-corrected chi connectivity index (χ4v) is 4.62. The SMILES string of the molecule is CCOc1ccc(C(=O)N2CCN(S(=O)(=O)c3cccc(F)c3)CC2)cc1[N+](=O)[O-]. The summed E-state index contributed by atoms with van der Waals surface area (Å²) in [7, 11) is -3.88. The summed E-state index contributed by atoms with van der Waals surface area (Å²) < 4.78 is 45.1. The fourth-order valence-electron chi connectivity index (χ4n) is 3.16. The standard InChI is InChI=1S/C19H20FN3O6S/c1-2-29-18-7-6-14(12-17(18)23(25)26)19(24)21-8-10-22(11-9-21)30(27,28)16-5-3-4-15(20)13-16/h3-7,12-13H,2,8-11H2,1H3. The number of piperazine rings is 1. The van der Waals surface area contributed by atoms with Crippen LogP contribution in [0.3, 0.4) is 0 Å². The van der Waals surface area contributed by atoms with Crippen LogP contribution in [0.15, 0.2) is 47.4 Å². The van der Waals surface area contributed by atoms with Crippen molar-refractivity contribution in [3.8, 4) is 5.75 Å². The molecule has 9 nitrogen and oxygen atoms in total. The van der Waals surface area contributed by atoms with Gasteiger partial charge in [-0.15, -0.1) is 0 Å². The summed E-state index contributed by atoms with van der Waals surface area (Å²) in [6, 6.07) is 8.71. The molecule has 1 aliphatic rings. The van der Waals surface area contributed by atoms with Gasteiger partial charge in [-0.05, 0) is 37.3 Å². The van der Waals surface area contributed by atoms with E-state index in [0.29, 0.717) is 0 Å². The zero-order valence-electron chi connectivity index (χ0n) is 16.2. The van der Waals surface area contributed by atoms with Crippen LogP contribution in [-0.2, 0) is 10.0 Å². The first kappa shape index (κ1) is 21.7. The molecule has 2 aromatic rings. The van der Waals surface area contributed by atoms with Gasteiger partial charge in [0.15, 0.2) is 5.75 Å². The van der Waals surface area contributed by atoms with E-state index in [1.54, 1.807) is 6.92 Å². The van der Waals surface area contributed by atoms with Crippen LogP contribution >= 0.6 is 0 Å². The van der Waals surface area contributed by atoms with E-state index in [4.69, 9.17) is 4.74 Å². The maximum absolute atomic E-state index is 13.4. The molecule has 3 rings (SSSR count). The molecule has 0 radical (unpaired) electrons. The molecule has 160 valence electrons. The highest BCUT2D eigenvalue weighted by Gasteiger charge is 2.31. The number of carbonyl (C=O) groups is 1. The molecule has 1 amide bonds. The second kappa shape index (κ2) is 8.76. The van der Waals surface area contributed by atoms with Crippen LogP contribution in [0.25, 0.3) is 0 Å². The van der Waals surface area contributed by atoms with E-state index in [2.05, 4.69) is 0 Å². The van der Waals surface area contributed by atoms with Gasteiger partial charge in [-0.2, -0.15) is 4.31 Å². The monoisotopic (exact) mass is 437 g/mol. The minimum atomic E-state index is -3.88. The van der Waals surface area contributed by atoms with Crippen molar-refractivity contribution in [3.63, 3.8) is 0 Å². The molecule has 0 aromatic heterocycles. The van der Waals surface area contributed by atoms with Crippen molar-refractivity contribution in [1.29, 1.82) is 0 Å². The molecule has 0 bridgehead atoms. The molecule has 1 saturated heterocycles. The molecule has 0 N–H and O–H groups in total. The fraction of sp³-hybridized carbons (Fsp3) is 0.316. The number of rotatable bonds is 6. The number of nitrogens with zero attached hydrogens (tertiary/aromatic N) is 3. The largest absolute Gasteiger partial charge is 0.487 e. The predicted molar refractivity (Wildman–Crippen MR) is 105 cm³/mol. The van der Waals surface area contributed by atoms with Crippen LogP contribution in [0.4, 0.5) is 10.1 Å². The lowest BCUT2D eigenvalue weighted by atomic mass is 10.1. The lowest BCUT2D eigenvalue weighted by Gasteiger charge is -2.34. The number of amides is 1. The molecule has 1 heterocycles. The van der Waals surface area contributed by atoms with Crippen molar-refractivity contribution in [2.75, 3.05) is 32.8 Å². The lowest BCUT2D eigenvalue weighted by Crippen LogP contribution is -2.50. The molecular weight excluding hydrogens is 417 g/mol. The van der Waals surface area contributed by atoms with Gasteiger partial charge >= 0.3 is 5.69 Å². The molecule has 1 fully saturated rings. The Kier molecular flexibility index (Phi) is 6.32. The van der Waals surface area contributed by atoms with E-state index in [1.807, 2.05) is 0 Å². The number of ether oxygens (including phenoxy) is 1. The molecule has 11 heteroatoms. The van der Waals surface area contributed by atoms with E-state index >= 15 is 0 Å². The van der Waals surface area contributed by atoms with Crippen molar-refractivity contribution in [2.45, 2.75) is 11.8 Å². The van der Waals surface area contributed by atoms with Gasteiger partial charge in [-0.3, -0.25) is 14.9 Å². The van der Waals surface area contributed by atoms with E-state index in [9.17, 15) is 27.7 Å². The van der Waals surface area contributed by atoms with Crippen molar-refractivity contribution >= 4 is 21.6 Å². The summed E-state index contributed by atoms with van der Waals surface area (Å²) in [6.07, 6.45) is 0. The summed E-state index contributed by atoms with van der Waals surface area (Å²) in [5.41, 5.74) is -0.193. The number of hydrogen-bond acceptors (Lipinski definition) is 6. The number of carbonyl (C=O) groups excluding carboxylic acids is 1. The maximum Gasteiger partial charge on any atom is 0.311 e. The molecule has 0 unspecified atom stereocenters. The molecule has 1 aliphatic heterocycles. The lowest BCUT2D eigenvalue weighted by molar-refractivity contribution is -0.385. The number of nitro groups is 1. The van der Waals surface area contributed by atoms with Crippen molar-refractivity contribution in [2.24, 2.45) is 0 Å². The van der Waals surface area contributed by atoms with Gasteiger partial charge in [0.1, 0.15) is 5.82 Å². The normalized spacial score (nSPS) is 15.1. The Morgan fingerprint density at radius 3 is 2.47 bits per heavy atom. The summed E-state index contributed by atoms with van der Waals surface area (Å²) in [5, 5.41) is 11.3. The second-order valence-corrected chi connectivity index (χ2v) is 8.46. The van der Waals surface area contributed by atoms with Gasteiger partial charge in [-0.25, -0.2) is 12.8 Å². The van der Waals surface area contributed by atoms with Gasteiger partial charge in [0.05, 0.1) is 16.4 Å². The van der Waals surface area contributed by atoms with Crippen LogP contribution in [0.5, 0.6) is 5.75 Å². The minimum absolute atomic E-state index is 0.0315. The molecule has 30 heavy (non-hydrogen) atoms. The van der Waals surface area contributed by atoms with Gasteiger partial charge in [0.25, 0.3) is 5.91 Å². The van der Waals surface area contributed by atoms with Gasteiger partial charge < -0.3 is 9.64 Å². The predicted octanol–water partition coefficient (Wildman–Crippen LogP) is 2.28. The van der Waals surface area contributed by atoms with Gasteiger partial charge in [0, 0.05) is 37.8 Å². The Hall–Kier alpha value is -3.05. The number of sulfonamides is 1. The topological polar surface area (TPSA) is 110 Å². The Bertz CT molecular complexity index is 1070.